The minimum atomic E-state index is -0.269. The number of amides is 2. The van der Waals surface area contributed by atoms with Gasteiger partial charge in [0, 0.05) is 11.6 Å². The molecule has 0 saturated carbocycles. The second kappa shape index (κ2) is 8.50. The van der Waals surface area contributed by atoms with Crippen molar-refractivity contribution >= 4 is 40.6 Å². The highest BCUT2D eigenvalue weighted by atomic mass is 35.5. The summed E-state index contributed by atoms with van der Waals surface area (Å²) < 4.78 is 11.2. The summed E-state index contributed by atoms with van der Waals surface area (Å²) in [5.41, 5.74) is 1.74. The number of likely N-dealkylation sites (N-methyl/N-ethyl adjacent to an activating group) is 1. The molecule has 3 rings (SSSR count). The molecule has 0 aliphatic carbocycles. The molecule has 27 heavy (non-hydrogen) atoms. The Labute approximate surface area is 166 Å². The molecule has 0 spiro atoms. The number of thioether (sulfide) groups is 1. The van der Waals surface area contributed by atoms with Gasteiger partial charge in [0.1, 0.15) is 6.61 Å². The number of rotatable bonds is 6. The molecule has 2 aromatic carbocycles. The maximum Gasteiger partial charge on any atom is 0.293 e. The molecule has 0 unspecified atom stereocenters. The number of benzene rings is 2. The van der Waals surface area contributed by atoms with Gasteiger partial charge in [0.05, 0.1) is 12.0 Å². The topological polar surface area (TPSA) is 55.8 Å². The number of halogens is 1. The van der Waals surface area contributed by atoms with Gasteiger partial charge in [0.2, 0.25) is 0 Å². The van der Waals surface area contributed by atoms with Gasteiger partial charge in [-0.2, -0.15) is 0 Å². The van der Waals surface area contributed by atoms with Gasteiger partial charge in [-0.1, -0.05) is 29.8 Å². The zero-order valence-corrected chi connectivity index (χ0v) is 16.5. The number of hydrogen-bond acceptors (Lipinski definition) is 5. The van der Waals surface area contributed by atoms with E-state index in [0.29, 0.717) is 34.6 Å². The van der Waals surface area contributed by atoms with Crippen LogP contribution in [0.25, 0.3) is 6.08 Å². The van der Waals surface area contributed by atoms with Crippen LogP contribution in [0.4, 0.5) is 4.79 Å². The zero-order chi connectivity index (χ0) is 19.4. The Kier molecular flexibility index (Phi) is 6.08. The molecule has 0 radical (unpaired) electrons. The van der Waals surface area contributed by atoms with Crippen molar-refractivity contribution in [2.45, 2.75) is 13.5 Å². The summed E-state index contributed by atoms with van der Waals surface area (Å²) in [6.45, 7) is 2.51. The molecule has 2 amide bonds. The highest BCUT2D eigenvalue weighted by molar-refractivity contribution is 8.18. The van der Waals surface area contributed by atoms with Crippen LogP contribution in [-0.2, 0) is 11.4 Å². The number of carbonyl (C=O) groups excluding carboxylic acids is 2. The van der Waals surface area contributed by atoms with E-state index in [0.717, 1.165) is 22.9 Å². The van der Waals surface area contributed by atoms with Crippen molar-refractivity contribution in [3.8, 4) is 11.5 Å². The summed E-state index contributed by atoms with van der Waals surface area (Å²) in [5, 5.41) is 0.428. The lowest BCUT2D eigenvalue weighted by atomic mass is 10.1. The Bertz CT molecular complexity index is 895. The monoisotopic (exact) mass is 403 g/mol. The van der Waals surface area contributed by atoms with Gasteiger partial charge in [0.25, 0.3) is 11.1 Å². The van der Waals surface area contributed by atoms with Gasteiger partial charge in [-0.25, -0.2) is 0 Å². The van der Waals surface area contributed by atoms with Crippen LogP contribution in [0.5, 0.6) is 11.5 Å². The molecule has 0 atom stereocenters. The second-order valence-corrected chi connectivity index (χ2v) is 7.18. The first-order valence-corrected chi connectivity index (χ1v) is 9.52. The second-order valence-electron chi connectivity index (χ2n) is 5.75. The SMILES string of the molecule is CCN1C(=O)S/C(=C/c2ccc(OCc3ccc(Cl)cc3)c(OC)c2)C1=O. The van der Waals surface area contributed by atoms with E-state index in [1.165, 1.54) is 4.90 Å². The lowest BCUT2D eigenvalue weighted by Crippen LogP contribution is -2.27. The fourth-order valence-corrected chi connectivity index (χ4v) is 3.59. The number of carbonyl (C=O) groups is 2. The highest BCUT2D eigenvalue weighted by Gasteiger charge is 2.33. The van der Waals surface area contributed by atoms with E-state index < -0.39 is 0 Å². The van der Waals surface area contributed by atoms with E-state index in [9.17, 15) is 9.59 Å². The van der Waals surface area contributed by atoms with Crippen molar-refractivity contribution in [2.75, 3.05) is 13.7 Å². The number of methoxy groups -OCH3 is 1. The molecule has 5 nitrogen and oxygen atoms in total. The molecule has 1 aliphatic heterocycles. The molecule has 1 saturated heterocycles. The lowest BCUT2D eigenvalue weighted by molar-refractivity contribution is -0.122. The number of ether oxygens (including phenoxy) is 2. The molecular weight excluding hydrogens is 386 g/mol. The Balaban J connectivity index is 1.76. The van der Waals surface area contributed by atoms with Crippen LogP contribution in [0.3, 0.4) is 0 Å². The van der Waals surface area contributed by atoms with Crippen LogP contribution in [0.2, 0.25) is 5.02 Å². The molecule has 2 aromatic rings. The van der Waals surface area contributed by atoms with Crippen LogP contribution in [-0.4, -0.2) is 29.7 Å². The Morgan fingerprint density at radius 1 is 1.11 bits per heavy atom. The van der Waals surface area contributed by atoms with E-state index >= 15 is 0 Å². The van der Waals surface area contributed by atoms with Crippen LogP contribution >= 0.6 is 23.4 Å². The third kappa shape index (κ3) is 4.46. The smallest absolute Gasteiger partial charge is 0.293 e. The fraction of sp³-hybridized carbons (Fsp3) is 0.200. The van der Waals surface area contributed by atoms with Crippen LogP contribution in [0.1, 0.15) is 18.1 Å². The first kappa shape index (κ1) is 19.3. The largest absolute Gasteiger partial charge is 0.493 e. The summed E-state index contributed by atoms with van der Waals surface area (Å²) in [6.07, 6.45) is 1.69. The van der Waals surface area contributed by atoms with Crippen molar-refractivity contribution in [3.05, 3.63) is 63.5 Å². The van der Waals surface area contributed by atoms with Crippen molar-refractivity contribution in [3.63, 3.8) is 0 Å². The maximum atomic E-state index is 12.2. The Morgan fingerprint density at radius 3 is 2.48 bits per heavy atom. The van der Waals surface area contributed by atoms with Gasteiger partial charge in [-0.3, -0.25) is 14.5 Å². The predicted molar refractivity (Wildman–Crippen MR) is 107 cm³/mol. The van der Waals surface area contributed by atoms with Crippen molar-refractivity contribution < 1.29 is 19.1 Å². The molecule has 1 heterocycles. The van der Waals surface area contributed by atoms with Crippen molar-refractivity contribution in [1.29, 1.82) is 0 Å². The summed E-state index contributed by atoms with van der Waals surface area (Å²) >= 11 is 6.83. The summed E-state index contributed by atoms with van der Waals surface area (Å²) in [4.78, 5) is 25.6. The molecule has 140 valence electrons. The third-order valence-corrected chi connectivity index (χ3v) is 5.14. The quantitative estimate of drug-likeness (QED) is 0.636. The predicted octanol–water partition coefficient (Wildman–Crippen LogP) is 4.98. The fourth-order valence-electron chi connectivity index (χ4n) is 2.56. The lowest BCUT2D eigenvalue weighted by Gasteiger charge is -2.12. The molecule has 0 N–H and O–H groups in total. The molecule has 0 bridgehead atoms. The normalized spacial score (nSPS) is 15.5. The summed E-state index contributed by atoms with van der Waals surface area (Å²) in [5.74, 6) is 0.869. The van der Waals surface area contributed by atoms with Crippen LogP contribution in [0.15, 0.2) is 47.4 Å². The Hall–Kier alpha value is -2.44. The zero-order valence-electron chi connectivity index (χ0n) is 14.9. The van der Waals surface area contributed by atoms with E-state index in [1.54, 1.807) is 32.2 Å². The Morgan fingerprint density at radius 2 is 1.85 bits per heavy atom. The van der Waals surface area contributed by atoms with E-state index in [2.05, 4.69) is 0 Å². The van der Waals surface area contributed by atoms with Crippen LogP contribution < -0.4 is 9.47 Å². The van der Waals surface area contributed by atoms with Gasteiger partial charge in [0.15, 0.2) is 11.5 Å². The minimum Gasteiger partial charge on any atom is -0.493 e. The van der Waals surface area contributed by atoms with E-state index in [1.807, 2.05) is 30.3 Å². The van der Waals surface area contributed by atoms with Gasteiger partial charge in [-0.05, 0) is 60.2 Å². The summed E-state index contributed by atoms with van der Waals surface area (Å²) in [6, 6.07) is 12.8. The highest BCUT2D eigenvalue weighted by Crippen LogP contribution is 2.34. The average molecular weight is 404 g/mol. The number of imide groups is 1. The first-order valence-electron chi connectivity index (χ1n) is 8.32. The third-order valence-electron chi connectivity index (χ3n) is 3.98. The van der Waals surface area contributed by atoms with E-state index in [4.69, 9.17) is 21.1 Å². The molecule has 7 heteroatoms. The first-order chi connectivity index (χ1) is 13.0. The maximum absolute atomic E-state index is 12.2. The summed E-state index contributed by atoms with van der Waals surface area (Å²) in [7, 11) is 1.55. The van der Waals surface area contributed by atoms with Crippen LogP contribution in [0, 0.1) is 0 Å². The van der Waals surface area contributed by atoms with Crippen molar-refractivity contribution in [1.82, 2.24) is 4.90 Å². The van der Waals surface area contributed by atoms with Gasteiger partial charge < -0.3 is 9.47 Å². The van der Waals surface area contributed by atoms with E-state index in [-0.39, 0.29) is 11.1 Å². The van der Waals surface area contributed by atoms with Gasteiger partial charge in [-0.15, -0.1) is 0 Å². The average Bonchev–Trinajstić information content (AvgIpc) is 2.94. The van der Waals surface area contributed by atoms with Crippen molar-refractivity contribution in [2.24, 2.45) is 0 Å². The molecule has 1 aliphatic rings. The molecule has 1 fully saturated rings. The van der Waals surface area contributed by atoms with Gasteiger partial charge >= 0.3 is 0 Å². The molecule has 0 aromatic heterocycles. The molecular formula is C20H18ClNO4S. The minimum absolute atomic E-state index is 0.247. The number of nitrogens with zero attached hydrogens (tertiary/aromatic N) is 1. The standard InChI is InChI=1S/C20H18ClNO4S/c1-3-22-19(23)18(27-20(22)24)11-14-6-9-16(17(10-14)25-2)26-12-13-4-7-15(21)8-5-13/h4-11H,3,12H2,1-2H3/b18-11+. The number of hydrogen-bond donors (Lipinski definition) is 0.